The molecule has 9 heteroatoms. The van der Waals surface area contributed by atoms with Gasteiger partial charge in [-0.15, -0.1) is 0 Å². The summed E-state index contributed by atoms with van der Waals surface area (Å²) in [5.41, 5.74) is 7.10. The van der Waals surface area contributed by atoms with Crippen LogP contribution < -0.4 is 10.5 Å². The largest absolute Gasteiger partial charge is 0.481 e. The topological polar surface area (TPSA) is 129 Å². The zero-order valence-electron chi connectivity index (χ0n) is 17.2. The minimum absolute atomic E-state index is 0.0666. The van der Waals surface area contributed by atoms with E-state index in [1.165, 1.54) is 12.1 Å². The van der Waals surface area contributed by atoms with Gasteiger partial charge < -0.3 is 15.2 Å². The van der Waals surface area contributed by atoms with Crippen molar-refractivity contribution in [2.75, 3.05) is 7.11 Å². The molecule has 0 spiro atoms. The molecule has 3 N–H and O–H groups in total. The number of aromatic nitrogens is 1. The van der Waals surface area contributed by atoms with Crippen LogP contribution in [0.1, 0.15) is 31.9 Å². The van der Waals surface area contributed by atoms with E-state index in [1.807, 2.05) is 33.8 Å². The molecule has 0 aliphatic heterocycles. The summed E-state index contributed by atoms with van der Waals surface area (Å²) in [5, 5.41) is 0. The smallest absolute Gasteiger partial charge is 0.323 e. The van der Waals surface area contributed by atoms with Crippen molar-refractivity contribution in [3.63, 3.8) is 0 Å². The molecule has 0 radical (unpaired) electrons. The van der Waals surface area contributed by atoms with Crippen LogP contribution in [0.25, 0.3) is 0 Å². The molecule has 29 heavy (non-hydrogen) atoms. The van der Waals surface area contributed by atoms with Crippen LogP contribution in [0.2, 0.25) is 0 Å². The van der Waals surface area contributed by atoms with E-state index in [0.717, 1.165) is 11.1 Å². The van der Waals surface area contributed by atoms with Gasteiger partial charge in [0, 0.05) is 12.3 Å². The van der Waals surface area contributed by atoms with E-state index in [1.54, 1.807) is 31.5 Å². The third-order valence-electron chi connectivity index (χ3n) is 3.49. The van der Waals surface area contributed by atoms with E-state index >= 15 is 0 Å². The number of methoxy groups -OCH3 is 1. The maximum Gasteiger partial charge on any atom is 0.323 e. The van der Waals surface area contributed by atoms with E-state index in [-0.39, 0.29) is 4.90 Å². The summed E-state index contributed by atoms with van der Waals surface area (Å²) in [7, 11) is -2.47. The first-order valence-corrected chi connectivity index (χ1v) is 10.3. The number of benzene rings is 1. The Morgan fingerprint density at radius 2 is 1.76 bits per heavy atom. The second-order valence-corrected chi connectivity index (χ2v) is 8.76. The third-order valence-corrected chi connectivity index (χ3v) is 4.36. The van der Waals surface area contributed by atoms with Gasteiger partial charge in [0.1, 0.15) is 11.6 Å². The van der Waals surface area contributed by atoms with Gasteiger partial charge in [0.25, 0.3) is 10.1 Å². The molecule has 0 aliphatic rings. The van der Waals surface area contributed by atoms with Gasteiger partial charge in [0.15, 0.2) is 0 Å². The Bertz CT molecular complexity index is 888. The van der Waals surface area contributed by atoms with E-state index in [2.05, 4.69) is 4.98 Å². The Kier molecular flexibility index (Phi) is 8.75. The van der Waals surface area contributed by atoms with Crippen molar-refractivity contribution in [3.8, 4) is 5.88 Å². The minimum atomic E-state index is -4.02. The normalized spacial score (nSPS) is 12.4. The van der Waals surface area contributed by atoms with E-state index in [9.17, 15) is 13.2 Å². The second kappa shape index (κ2) is 10.3. The number of esters is 1. The van der Waals surface area contributed by atoms with Crippen molar-refractivity contribution in [1.82, 2.24) is 4.98 Å². The number of carbonyl (C=O) groups is 1. The summed E-state index contributed by atoms with van der Waals surface area (Å²) in [4.78, 5) is 15.7. The highest BCUT2D eigenvalue weighted by Gasteiger charge is 2.22. The van der Waals surface area contributed by atoms with Crippen LogP contribution in [0, 0.1) is 6.92 Å². The summed E-state index contributed by atoms with van der Waals surface area (Å²) in [5.74, 6) is 0.128. The molecular formula is C20H28N2O6S. The predicted octanol–water partition coefficient (Wildman–Crippen LogP) is 2.54. The van der Waals surface area contributed by atoms with Gasteiger partial charge >= 0.3 is 5.97 Å². The molecular weight excluding hydrogens is 396 g/mol. The monoisotopic (exact) mass is 424 g/mol. The lowest BCUT2D eigenvalue weighted by Gasteiger charge is -2.22. The number of hydrogen-bond donors (Lipinski definition) is 2. The van der Waals surface area contributed by atoms with Crippen LogP contribution in [0.15, 0.2) is 47.5 Å². The van der Waals surface area contributed by atoms with Crippen LogP contribution >= 0.6 is 0 Å². The number of pyridine rings is 1. The van der Waals surface area contributed by atoms with Gasteiger partial charge in [0.05, 0.1) is 12.0 Å². The molecule has 1 aromatic carbocycles. The van der Waals surface area contributed by atoms with Crippen molar-refractivity contribution in [3.05, 3.63) is 53.7 Å². The van der Waals surface area contributed by atoms with Crippen molar-refractivity contribution in [2.45, 2.75) is 50.7 Å². The summed E-state index contributed by atoms with van der Waals surface area (Å²) in [6.07, 6.45) is 2.04. The molecule has 1 unspecified atom stereocenters. The minimum Gasteiger partial charge on any atom is -0.481 e. The van der Waals surface area contributed by atoms with Crippen LogP contribution in [-0.2, 0) is 26.1 Å². The van der Waals surface area contributed by atoms with E-state index < -0.39 is 27.7 Å². The first-order chi connectivity index (χ1) is 13.3. The molecule has 0 saturated heterocycles. The predicted molar refractivity (Wildman–Crippen MR) is 109 cm³/mol. The zero-order valence-corrected chi connectivity index (χ0v) is 18.1. The van der Waals surface area contributed by atoms with Gasteiger partial charge in [-0.2, -0.15) is 8.42 Å². The number of carbonyl (C=O) groups excluding carboxylic acids is 1. The maximum atomic E-state index is 11.7. The summed E-state index contributed by atoms with van der Waals surface area (Å²) >= 11 is 0. The highest BCUT2D eigenvalue weighted by molar-refractivity contribution is 7.85. The Hall–Kier alpha value is -2.49. The van der Waals surface area contributed by atoms with Gasteiger partial charge in [-0.05, 0) is 51.8 Å². The molecule has 1 aromatic heterocycles. The summed E-state index contributed by atoms with van der Waals surface area (Å²) in [6.45, 7) is 7.28. The standard InChI is InChI=1S/C13H20N2O3.C7H8O3S/c1-13(2,3)18-12(16)10(14)7-9-5-6-11(17-4)15-8-9;1-6-2-4-7(5-3-6)11(8,9)10/h5-6,8,10H,7,14H2,1-4H3;2-5H,1H3,(H,8,9,10). The van der Waals surface area contributed by atoms with Gasteiger partial charge in [-0.25, -0.2) is 4.98 Å². The number of hydrogen-bond acceptors (Lipinski definition) is 7. The van der Waals surface area contributed by atoms with Crippen molar-refractivity contribution < 1.29 is 27.2 Å². The number of ether oxygens (including phenoxy) is 2. The molecule has 0 aliphatic carbocycles. The fraction of sp³-hybridized carbons (Fsp3) is 0.400. The number of aryl methyl sites for hydroxylation is 1. The SMILES string of the molecule is COc1ccc(CC(N)C(=O)OC(C)(C)C)cn1.Cc1ccc(S(=O)(=O)O)cc1. The van der Waals surface area contributed by atoms with E-state index in [0.29, 0.717) is 12.3 Å². The van der Waals surface area contributed by atoms with Crippen LogP contribution in [0.4, 0.5) is 0 Å². The molecule has 1 atom stereocenters. The first kappa shape index (κ1) is 24.5. The lowest BCUT2D eigenvalue weighted by Crippen LogP contribution is -2.38. The number of nitrogens with two attached hydrogens (primary N) is 1. The van der Waals surface area contributed by atoms with E-state index in [4.69, 9.17) is 19.8 Å². The fourth-order valence-electron chi connectivity index (χ4n) is 2.08. The first-order valence-electron chi connectivity index (χ1n) is 8.83. The van der Waals surface area contributed by atoms with Crippen molar-refractivity contribution >= 4 is 16.1 Å². The Morgan fingerprint density at radius 1 is 1.17 bits per heavy atom. The Morgan fingerprint density at radius 3 is 2.17 bits per heavy atom. The highest BCUT2D eigenvalue weighted by atomic mass is 32.2. The van der Waals surface area contributed by atoms with Crippen molar-refractivity contribution in [2.24, 2.45) is 5.73 Å². The maximum absolute atomic E-state index is 11.7. The molecule has 0 amide bonds. The average Bonchev–Trinajstić information content (AvgIpc) is 2.61. The lowest BCUT2D eigenvalue weighted by molar-refractivity contribution is -0.156. The Balaban J connectivity index is 0.000000326. The summed E-state index contributed by atoms with van der Waals surface area (Å²) < 4.78 is 39.7. The van der Waals surface area contributed by atoms with Gasteiger partial charge in [-0.3, -0.25) is 9.35 Å². The molecule has 2 aromatic rings. The molecule has 8 nitrogen and oxygen atoms in total. The quantitative estimate of drug-likeness (QED) is 0.553. The fourth-order valence-corrected chi connectivity index (χ4v) is 2.56. The number of nitrogens with zero attached hydrogens (tertiary/aromatic N) is 1. The zero-order chi connectivity index (χ0) is 22.2. The average molecular weight is 425 g/mol. The number of rotatable bonds is 5. The second-order valence-electron chi connectivity index (χ2n) is 7.34. The van der Waals surface area contributed by atoms with Crippen molar-refractivity contribution in [1.29, 1.82) is 0 Å². The summed E-state index contributed by atoms with van der Waals surface area (Å²) in [6, 6.07) is 8.87. The molecule has 0 fully saturated rings. The highest BCUT2D eigenvalue weighted by Crippen LogP contribution is 2.12. The lowest BCUT2D eigenvalue weighted by atomic mass is 10.1. The third kappa shape index (κ3) is 9.51. The molecule has 160 valence electrons. The Labute approximate surface area is 171 Å². The van der Waals surface area contributed by atoms with Crippen LogP contribution in [0.5, 0.6) is 5.88 Å². The molecule has 0 bridgehead atoms. The van der Waals surface area contributed by atoms with Crippen LogP contribution in [0.3, 0.4) is 0 Å². The molecule has 1 heterocycles. The van der Waals surface area contributed by atoms with Gasteiger partial charge in [0.2, 0.25) is 5.88 Å². The molecule has 0 saturated carbocycles. The molecule has 2 rings (SSSR count). The van der Waals surface area contributed by atoms with Crippen LogP contribution in [-0.4, -0.2) is 42.7 Å². The van der Waals surface area contributed by atoms with Gasteiger partial charge in [-0.1, -0.05) is 23.8 Å².